The van der Waals surface area contributed by atoms with Gasteiger partial charge in [-0.05, 0) is 16.7 Å². The van der Waals surface area contributed by atoms with Crippen LogP contribution in [0, 0.1) is 0 Å². The number of carboxylic acids is 2. The molecule has 0 atom stereocenters. The second kappa shape index (κ2) is 9.73. The standard InChI is InChI=1S/C21H16O2.C2H4O2/c22-21(23)20(18-14-8-3-9-15-18)19(16-10-4-1-5-11-16)17-12-6-2-7-13-17;1-2(3)4/h1-15H,(H,22,23);1H3,(H,3,4). The van der Waals surface area contributed by atoms with Gasteiger partial charge < -0.3 is 10.2 Å². The van der Waals surface area contributed by atoms with Gasteiger partial charge in [-0.1, -0.05) is 91.0 Å². The van der Waals surface area contributed by atoms with Crippen molar-refractivity contribution in [3.05, 3.63) is 108 Å². The van der Waals surface area contributed by atoms with Crippen LogP contribution in [0.1, 0.15) is 23.6 Å². The Kier molecular flexibility index (Phi) is 7.08. The molecule has 4 nitrogen and oxygen atoms in total. The van der Waals surface area contributed by atoms with Gasteiger partial charge in [0.05, 0.1) is 5.57 Å². The van der Waals surface area contributed by atoms with Crippen LogP contribution in [0.3, 0.4) is 0 Å². The highest BCUT2D eigenvalue weighted by Crippen LogP contribution is 2.32. The van der Waals surface area contributed by atoms with Crippen molar-refractivity contribution in [2.24, 2.45) is 0 Å². The highest BCUT2D eigenvalue weighted by atomic mass is 16.4. The van der Waals surface area contributed by atoms with Gasteiger partial charge in [0.2, 0.25) is 0 Å². The maximum atomic E-state index is 12.0. The third-order valence-corrected chi connectivity index (χ3v) is 3.65. The van der Waals surface area contributed by atoms with E-state index in [0.29, 0.717) is 11.1 Å². The second-order valence-corrected chi connectivity index (χ2v) is 5.67. The lowest BCUT2D eigenvalue weighted by atomic mass is 9.89. The molecule has 0 bridgehead atoms. The molecule has 0 radical (unpaired) electrons. The molecule has 0 aliphatic carbocycles. The SMILES string of the molecule is CC(=O)O.O=C(O)C(=C(c1ccccc1)c1ccccc1)c1ccccc1. The van der Waals surface area contributed by atoms with Gasteiger partial charge >= 0.3 is 5.97 Å². The van der Waals surface area contributed by atoms with Gasteiger partial charge in [-0.25, -0.2) is 4.79 Å². The number of hydrogen-bond donors (Lipinski definition) is 2. The van der Waals surface area contributed by atoms with Crippen LogP contribution in [0.4, 0.5) is 0 Å². The minimum Gasteiger partial charge on any atom is -0.481 e. The molecule has 2 N–H and O–H groups in total. The van der Waals surface area contributed by atoms with E-state index in [-0.39, 0.29) is 0 Å². The lowest BCUT2D eigenvalue weighted by molar-refractivity contribution is -0.134. The summed E-state index contributed by atoms with van der Waals surface area (Å²) < 4.78 is 0. The molecule has 0 spiro atoms. The van der Waals surface area contributed by atoms with Gasteiger partial charge in [0.25, 0.3) is 5.97 Å². The first-order valence-corrected chi connectivity index (χ1v) is 8.34. The minimum absolute atomic E-state index is 0.308. The zero-order valence-corrected chi connectivity index (χ0v) is 14.9. The van der Waals surface area contributed by atoms with Crippen molar-refractivity contribution < 1.29 is 19.8 Å². The molecule has 3 aromatic carbocycles. The summed E-state index contributed by atoms with van der Waals surface area (Å²) >= 11 is 0. The van der Waals surface area contributed by atoms with Gasteiger partial charge in [-0.15, -0.1) is 0 Å². The van der Waals surface area contributed by atoms with Crippen LogP contribution in [-0.4, -0.2) is 22.2 Å². The summed E-state index contributed by atoms with van der Waals surface area (Å²) in [7, 11) is 0. The summed E-state index contributed by atoms with van der Waals surface area (Å²) in [5.41, 5.74) is 3.51. The van der Waals surface area contributed by atoms with E-state index in [1.165, 1.54) is 0 Å². The van der Waals surface area contributed by atoms with Crippen LogP contribution in [0.5, 0.6) is 0 Å². The number of hydrogen-bond acceptors (Lipinski definition) is 2. The number of benzene rings is 3. The molecule has 0 saturated heterocycles. The number of aliphatic carboxylic acids is 2. The van der Waals surface area contributed by atoms with E-state index < -0.39 is 11.9 Å². The molecule has 3 aromatic rings. The Hall–Kier alpha value is -3.66. The fourth-order valence-corrected chi connectivity index (χ4v) is 2.64. The first kappa shape index (κ1) is 19.7. The molecule has 0 aliphatic rings. The summed E-state index contributed by atoms with van der Waals surface area (Å²) in [6.45, 7) is 1.08. The number of carbonyl (C=O) groups is 2. The van der Waals surface area contributed by atoms with E-state index in [0.717, 1.165) is 23.6 Å². The molecule has 0 saturated carbocycles. The molecule has 3 rings (SSSR count). The van der Waals surface area contributed by atoms with E-state index in [4.69, 9.17) is 9.90 Å². The molecule has 27 heavy (non-hydrogen) atoms. The topological polar surface area (TPSA) is 74.6 Å². The monoisotopic (exact) mass is 360 g/mol. The Balaban J connectivity index is 0.000000596. The van der Waals surface area contributed by atoms with E-state index in [2.05, 4.69) is 0 Å². The van der Waals surface area contributed by atoms with E-state index in [9.17, 15) is 9.90 Å². The van der Waals surface area contributed by atoms with Gasteiger partial charge in [-0.2, -0.15) is 0 Å². The summed E-state index contributed by atoms with van der Waals surface area (Å²) in [4.78, 5) is 21.0. The van der Waals surface area contributed by atoms with Gasteiger partial charge in [0.15, 0.2) is 0 Å². The normalized spacial score (nSPS) is 9.52. The molecule has 0 fully saturated rings. The summed E-state index contributed by atoms with van der Waals surface area (Å²) in [6.07, 6.45) is 0. The maximum absolute atomic E-state index is 12.0. The zero-order valence-electron chi connectivity index (χ0n) is 14.9. The Morgan fingerprint density at radius 2 is 0.889 bits per heavy atom. The first-order chi connectivity index (χ1) is 13.0. The van der Waals surface area contributed by atoms with Crippen molar-refractivity contribution in [1.29, 1.82) is 0 Å². The molecular weight excluding hydrogens is 340 g/mol. The number of carboxylic acid groups (broad SMARTS) is 2. The van der Waals surface area contributed by atoms with Crippen LogP contribution >= 0.6 is 0 Å². The molecule has 4 heteroatoms. The fraction of sp³-hybridized carbons (Fsp3) is 0.0435. The molecule has 136 valence electrons. The third-order valence-electron chi connectivity index (χ3n) is 3.65. The van der Waals surface area contributed by atoms with Crippen molar-refractivity contribution in [2.45, 2.75) is 6.92 Å². The van der Waals surface area contributed by atoms with Crippen molar-refractivity contribution in [3.8, 4) is 0 Å². The molecule has 0 unspecified atom stereocenters. The zero-order chi connectivity index (χ0) is 19.6. The number of rotatable bonds is 4. The fourth-order valence-electron chi connectivity index (χ4n) is 2.64. The van der Waals surface area contributed by atoms with Crippen LogP contribution in [0.2, 0.25) is 0 Å². The summed E-state index contributed by atoms with van der Waals surface area (Å²) in [5, 5.41) is 17.3. The lowest BCUT2D eigenvalue weighted by Crippen LogP contribution is -2.05. The molecule has 0 aromatic heterocycles. The smallest absolute Gasteiger partial charge is 0.336 e. The molecule has 0 aliphatic heterocycles. The van der Waals surface area contributed by atoms with E-state index >= 15 is 0 Å². The van der Waals surface area contributed by atoms with Crippen molar-refractivity contribution in [1.82, 2.24) is 0 Å². The second-order valence-electron chi connectivity index (χ2n) is 5.67. The quantitative estimate of drug-likeness (QED) is 0.517. The predicted octanol–water partition coefficient (Wildman–Crippen LogP) is 4.82. The summed E-state index contributed by atoms with van der Waals surface area (Å²) in [5.74, 6) is -1.76. The predicted molar refractivity (Wildman–Crippen MR) is 106 cm³/mol. The molecular formula is C23H20O4. The Labute approximate surface area is 158 Å². The Morgan fingerprint density at radius 1 is 0.593 bits per heavy atom. The average Bonchev–Trinajstić information content (AvgIpc) is 2.67. The first-order valence-electron chi connectivity index (χ1n) is 8.34. The van der Waals surface area contributed by atoms with Crippen molar-refractivity contribution in [2.75, 3.05) is 0 Å². The largest absolute Gasteiger partial charge is 0.481 e. The highest BCUT2D eigenvalue weighted by Gasteiger charge is 2.19. The van der Waals surface area contributed by atoms with Crippen molar-refractivity contribution in [3.63, 3.8) is 0 Å². The van der Waals surface area contributed by atoms with Gasteiger partial charge in [-0.3, -0.25) is 4.79 Å². The maximum Gasteiger partial charge on any atom is 0.336 e. The Morgan fingerprint density at radius 3 is 1.19 bits per heavy atom. The van der Waals surface area contributed by atoms with Crippen molar-refractivity contribution >= 4 is 23.1 Å². The third kappa shape index (κ3) is 5.68. The van der Waals surface area contributed by atoms with Gasteiger partial charge in [0, 0.05) is 12.5 Å². The van der Waals surface area contributed by atoms with Crippen LogP contribution in [-0.2, 0) is 9.59 Å². The van der Waals surface area contributed by atoms with Crippen LogP contribution in [0.15, 0.2) is 91.0 Å². The summed E-state index contributed by atoms with van der Waals surface area (Å²) in [6, 6.07) is 28.5. The molecule has 0 amide bonds. The van der Waals surface area contributed by atoms with Gasteiger partial charge in [0.1, 0.15) is 0 Å². The molecule has 0 heterocycles. The highest BCUT2D eigenvalue weighted by molar-refractivity contribution is 6.26. The van der Waals surface area contributed by atoms with E-state index in [1.807, 2.05) is 91.0 Å². The Bertz CT molecular complexity index is 869. The van der Waals surface area contributed by atoms with Crippen LogP contribution in [0.25, 0.3) is 11.1 Å². The minimum atomic E-state index is -0.932. The lowest BCUT2D eigenvalue weighted by Gasteiger charge is -2.14. The van der Waals surface area contributed by atoms with Crippen LogP contribution < -0.4 is 0 Å². The van der Waals surface area contributed by atoms with E-state index in [1.54, 1.807) is 0 Å². The average molecular weight is 360 g/mol.